The van der Waals surface area contributed by atoms with Crippen molar-refractivity contribution in [3.05, 3.63) is 17.5 Å². The van der Waals surface area contributed by atoms with Gasteiger partial charge in [-0.25, -0.2) is 0 Å². The maximum atomic E-state index is 13.0. The van der Waals surface area contributed by atoms with E-state index in [0.29, 0.717) is 0 Å². The third-order valence-electron chi connectivity index (χ3n) is 2.68. The molecule has 1 rings (SSSR count). The SMILES string of the molecule is CCN(CCO)C(=O)c1cnn(CC)c1C(F)(F)F. The standard InChI is InChI=1S/C11H16F3N3O2/c1-3-16(5-6-18)10(19)8-7-15-17(4-2)9(8)11(12,13)14/h7,18H,3-6H2,1-2H3. The number of alkyl halides is 3. The molecule has 19 heavy (non-hydrogen) atoms. The van der Waals surface area contributed by atoms with Crippen LogP contribution < -0.4 is 0 Å². The summed E-state index contributed by atoms with van der Waals surface area (Å²) in [6.07, 6.45) is -3.72. The van der Waals surface area contributed by atoms with Gasteiger partial charge in [-0.3, -0.25) is 9.48 Å². The second-order valence-corrected chi connectivity index (χ2v) is 3.83. The number of likely N-dealkylation sites (N-methyl/N-ethyl adjacent to an activating group) is 1. The Morgan fingerprint density at radius 3 is 2.53 bits per heavy atom. The zero-order valence-corrected chi connectivity index (χ0v) is 10.7. The van der Waals surface area contributed by atoms with Crippen LogP contribution in [0.2, 0.25) is 0 Å². The van der Waals surface area contributed by atoms with Crippen LogP contribution in [0.5, 0.6) is 0 Å². The van der Waals surface area contributed by atoms with Gasteiger partial charge in [0.15, 0.2) is 5.69 Å². The number of rotatable bonds is 5. The molecule has 8 heteroatoms. The Bertz CT molecular complexity index is 443. The van der Waals surface area contributed by atoms with Gasteiger partial charge in [-0.15, -0.1) is 0 Å². The zero-order valence-electron chi connectivity index (χ0n) is 10.7. The Morgan fingerprint density at radius 2 is 2.11 bits per heavy atom. The molecule has 0 saturated heterocycles. The molecule has 0 radical (unpaired) electrons. The van der Waals surface area contributed by atoms with Gasteiger partial charge in [0.1, 0.15) is 0 Å². The van der Waals surface area contributed by atoms with Gasteiger partial charge < -0.3 is 10.0 Å². The minimum absolute atomic E-state index is 0.00998. The number of aliphatic hydroxyl groups is 1. The topological polar surface area (TPSA) is 58.4 Å². The smallest absolute Gasteiger partial charge is 0.395 e. The largest absolute Gasteiger partial charge is 0.433 e. The summed E-state index contributed by atoms with van der Waals surface area (Å²) in [4.78, 5) is 13.2. The fourth-order valence-corrected chi connectivity index (χ4v) is 1.77. The fraction of sp³-hybridized carbons (Fsp3) is 0.636. The highest BCUT2D eigenvalue weighted by Gasteiger charge is 2.40. The third-order valence-corrected chi connectivity index (χ3v) is 2.68. The normalized spacial score (nSPS) is 11.7. The van der Waals surface area contributed by atoms with Crippen molar-refractivity contribution in [3.63, 3.8) is 0 Å². The van der Waals surface area contributed by atoms with Gasteiger partial charge in [-0.2, -0.15) is 18.3 Å². The number of aryl methyl sites for hydroxylation is 1. The van der Waals surface area contributed by atoms with E-state index in [-0.39, 0.29) is 26.2 Å². The van der Waals surface area contributed by atoms with Crippen LogP contribution in [0.4, 0.5) is 13.2 Å². The maximum Gasteiger partial charge on any atom is 0.433 e. The molecule has 5 nitrogen and oxygen atoms in total. The van der Waals surface area contributed by atoms with Crippen LogP contribution in [-0.4, -0.2) is 45.4 Å². The molecule has 0 spiro atoms. The summed E-state index contributed by atoms with van der Waals surface area (Å²) in [6, 6.07) is 0. The second kappa shape index (κ2) is 6.05. The number of aromatic nitrogens is 2. The average Bonchev–Trinajstić information content (AvgIpc) is 2.78. The highest BCUT2D eigenvalue weighted by molar-refractivity contribution is 5.95. The molecular weight excluding hydrogens is 263 g/mol. The number of nitrogens with zero attached hydrogens (tertiary/aromatic N) is 3. The second-order valence-electron chi connectivity index (χ2n) is 3.83. The molecule has 0 aliphatic rings. The Kier molecular flexibility index (Phi) is 4.93. The number of aliphatic hydroxyl groups excluding tert-OH is 1. The van der Waals surface area contributed by atoms with E-state index in [1.54, 1.807) is 6.92 Å². The molecule has 0 unspecified atom stereocenters. The maximum absolute atomic E-state index is 13.0. The van der Waals surface area contributed by atoms with Crippen molar-refractivity contribution in [3.8, 4) is 0 Å². The molecule has 0 saturated carbocycles. The van der Waals surface area contributed by atoms with Crippen LogP contribution in [0.1, 0.15) is 29.9 Å². The van der Waals surface area contributed by atoms with Crippen molar-refractivity contribution in [2.24, 2.45) is 0 Å². The summed E-state index contributed by atoms with van der Waals surface area (Å²) < 4.78 is 39.6. The lowest BCUT2D eigenvalue weighted by atomic mass is 10.2. The van der Waals surface area contributed by atoms with Crippen molar-refractivity contribution >= 4 is 5.91 Å². The van der Waals surface area contributed by atoms with Gasteiger partial charge >= 0.3 is 6.18 Å². The van der Waals surface area contributed by atoms with E-state index >= 15 is 0 Å². The molecule has 1 aromatic heterocycles. The first-order valence-electron chi connectivity index (χ1n) is 5.89. The third kappa shape index (κ3) is 3.25. The highest BCUT2D eigenvalue weighted by Crippen LogP contribution is 2.32. The molecule has 0 fully saturated rings. The summed E-state index contributed by atoms with van der Waals surface area (Å²) in [5.41, 5.74) is -1.53. The summed E-state index contributed by atoms with van der Waals surface area (Å²) in [5, 5.41) is 12.4. The van der Waals surface area contributed by atoms with Gasteiger partial charge in [-0.1, -0.05) is 0 Å². The van der Waals surface area contributed by atoms with Crippen LogP contribution in [0.3, 0.4) is 0 Å². The quantitative estimate of drug-likeness (QED) is 0.885. The van der Waals surface area contributed by atoms with Gasteiger partial charge in [-0.05, 0) is 13.8 Å². The zero-order chi connectivity index (χ0) is 14.6. The molecule has 0 aromatic carbocycles. The molecule has 1 amide bonds. The van der Waals surface area contributed by atoms with E-state index in [2.05, 4.69) is 5.10 Å². The van der Waals surface area contributed by atoms with Crippen LogP contribution >= 0.6 is 0 Å². The molecule has 0 bridgehead atoms. The predicted molar refractivity (Wildman–Crippen MR) is 61.6 cm³/mol. The number of hydrogen-bond acceptors (Lipinski definition) is 3. The molecule has 1 N–H and O–H groups in total. The van der Waals surface area contributed by atoms with E-state index in [1.807, 2.05) is 0 Å². The Hall–Kier alpha value is -1.57. The van der Waals surface area contributed by atoms with E-state index in [0.717, 1.165) is 15.8 Å². The van der Waals surface area contributed by atoms with E-state index in [9.17, 15) is 18.0 Å². The first-order chi connectivity index (χ1) is 8.86. The fourth-order valence-electron chi connectivity index (χ4n) is 1.77. The number of halogens is 3. The monoisotopic (exact) mass is 279 g/mol. The van der Waals surface area contributed by atoms with Gasteiger partial charge in [0.05, 0.1) is 18.4 Å². The van der Waals surface area contributed by atoms with Crippen LogP contribution in [0, 0.1) is 0 Å². The van der Waals surface area contributed by atoms with Gasteiger partial charge in [0, 0.05) is 19.6 Å². The van der Waals surface area contributed by atoms with Crippen molar-refractivity contribution in [1.29, 1.82) is 0 Å². The average molecular weight is 279 g/mol. The predicted octanol–water partition coefficient (Wildman–Crippen LogP) is 1.38. The van der Waals surface area contributed by atoms with Gasteiger partial charge in [0.2, 0.25) is 0 Å². The summed E-state index contributed by atoms with van der Waals surface area (Å²) in [5.74, 6) is -0.774. The first-order valence-corrected chi connectivity index (χ1v) is 5.89. The molecule has 0 aliphatic heterocycles. The lowest BCUT2D eigenvalue weighted by molar-refractivity contribution is -0.144. The minimum Gasteiger partial charge on any atom is -0.395 e. The van der Waals surface area contributed by atoms with Crippen LogP contribution in [0.15, 0.2) is 6.20 Å². The van der Waals surface area contributed by atoms with Crippen molar-refractivity contribution in [2.75, 3.05) is 19.7 Å². The lowest BCUT2D eigenvalue weighted by Gasteiger charge is -2.20. The number of carbonyl (C=O) groups is 1. The van der Waals surface area contributed by atoms with Gasteiger partial charge in [0.25, 0.3) is 5.91 Å². The molecule has 0 aliphatic carbocycles. The van der Waals surface area contributed by atoms with Crippen molar-refractivity contribution in [1.82, 2.24) is 14.7 Å². The van der Waals surface area contributed by atoms with Crippen LogP contribution in [-0.2, 0) is 12.7 Å². The van der Waals surface area contributed by atoms with E-state index < -0.39 is 23.3 Å². The Morgan fingerprint density at radius 1 is 1.47 bits per heavy atom. The van der Waals surface area contributed by atoms with Crippen molar-refractivity contribution in [2.45, 2.75) is 26.6 Å². The Balaban J connectivity index is 3.20. The van der Waals surface area contributed by atoms with E-state index in [4.69, 9.17) is 5.11 Å². The minimum atomic E-state index is -4.64. The first kappa shape index (κ1) is 15.5. The highest BCUT2D eigenvalue weighted by atomic mass is 19.4. The van der Waals surface area contributed by atoms with E-state index in [1.165, 1.54) is 6.92 Å². The molecule has 1 heterocycles. The number of hydrogen-bond donors (Lipinski definition) is 1. The molecule has 0 atom stereocenters. The summed E-state index contributed by atoms with van der Waals surface area (Å²) in [7, 11) is 0. The Labute approximate surface area is 108 Å². The number of amides is 1. The summed E-state index contributed by atoms with van der Waals surface area (Å²) >= 11 is 0. The van der Waals surface area contributed by atoms with Crippen molar-refractivity contribution < 1.29 is 23.1 Å². The van der Waals surface area contributed by atoms with Crippen LogP contribution in [0.25, 0.3) is 0 Å². The molecule has 108 valence electrons. The molecule has 1 aromatic rings. The summed E-state index contributed by atoms with van der Waals surface area (Å²) in [6.45, 7) is 3.07. The molecular formula is C11H16F3N3O2. The lowest BCUT2D eigenvalue weighted by Crippen LogP contribution is -2.34. The number of carbonyl (C=O) groups excluding carboxylic acids is 1.